The summed E-state index contributed by atoms with van der Waals surface area (Å²) in [5.74, 6) is 0. The van der Waals surface area contributed by atoms with E-state index in [2.05, 4.69) is 458 Å². The van der Waals surface area contributed by atoms with Gasteiger partial charge in [0.25, 0.3) is 6.71 Å². The van der Waals surface area contributed by atoms with Crippen molar-refractivity contribution in [2.45, 2.75) is 105 Å². The maximum absolute atomic E-state index is 2.73. The third kappa shape index (κ3) is 11.9. The Balaban J connectivity index is 0.931. The van der Waals surface area contributed by atoms with Crippen molar-refractivity contribution in [3.05, 3.63) is 374 Å². The number of hydrogen-bond acceptors (Lipinski definition) is 2. The number of hydrogen-bond donors (Lipinski definition) is 0. The van der Waals surface area contributed by atoms with Crippen LogP contribution in [0.5, 0.6) is 0 Å². The van der Waals surface area contributed by atoms with Crippen LogP contribution in [0.1, 0.15) is 105 Å². The predicted octanol–water partition coefficient (Wildman–Crippen LogP) is 28.6. The van der Waals surface area contributed by atoms with Crippen LogP contribution in [0, 0.1) is 0 Å². The molecule has 0 aliphatic carbocycles. The molecule has 0 spiro atoms. The van der Waals surface area contributed by atoms with Crippen LogP contribution in [0.15, 0.2) is 352 Å². The molecule has 6 heteroatoms. The Bertz CT molecular complexity index is 6970. The van der Waals surface area contributed by atoms with E-state index in [0.717, 1.165) is 129 Å². The minimum absolute atomic E-state index is 0.0684. The fourth-order valence-electron chi connectivity index (χ4n) is 19.2. The van der Waals surface area contributed by atoms with E-state index < -0.39 is 0 Å². The molecule has 0 fully saturated rings. The van der Waals surface area contributed by atoms with E-state index in [1.165, 1.54) is 82.1 Å². The smallest absolute Gasteiger partial charge is 0.252 e. The Labute approximate surface area is 693 Å². The van der Waals surface area contributed by atoms with Gasteiger partial charge in [0.1, 0.15) is 0 Å². The molecule has 0 bridgehead atoms. The summed E-state index contributed by atoms with van der Waals surface area (Å²) in [5.41, 5.74) is 36.7. The fraction of sp³-hybridized carbons (Fsp3) is 0.143. The predicted molar refractivity (Wildman–Crippen MR) is 505 cm³/mol. The zero-order valence-electron chi connectivity index (χ0n) is 69.3. The molecule has 0 amide bonds. The van der Waals surface area contributed by atoms with Crippen molar-refractivity contribution in [1.82, 2.24) is 13.7 Å². The van der Waals surface area contributed by atoms with Crippen LogP contribution in [-0.2, 0) is 21.7 Å². The highest BCUT2D eigenvalue weighted by Gasteiger charge is 2.46. The van der Waals surface area contributed by atoms with E-state index >= 15 is 0 Å². The molecule has 2 aliphatic rings. The van der Waals surface area contributed by atoms with Crippen molar-refractivity contribution in [3.63, 3.8) is 0 Å². The van der Waals surface area contributed by atoms with Gasteiger partial charge in [-0.05, 0) is 214 Å². The molecule has 0 saturated heterocycles. The molecule has 118 heavy (non-hydrogen) atoms. The third-order valence-corrected chi connectivity index (χ3v) is 25.4. The van der Waals surface area contributed by atoms with Crippen molar-refractivity contribution in [1.29, 1.82) is 0 Å². The minimum atomic E-state index is -0.286. The topological polar surface area (TPSA) is 21.3 Å². The third-order valence-electron chi connectivity index (χ3n) is 25.4. The van der Waals surface area contributed by atoms with Crippen molar-refractivity contribution in [2.75, 3.05) is 9.80 Å². The standard InChI is InChI=1S/C112H94BN5/c1-109(2,3)79-50-58-101-93(65-79)94-66-80(110(4,5)6)51-59-102(94)117(101)86-69-105-107-106(70-86)118(108-87(76-36-27-34-74(60-76)71-30-15-13-16-31-71)42-29-43-88(108)77-37-28-35-75(61-77)72-32-17-14-18-33-72)104-68-85(116-99-46-25-21-40-91(99)92-41-22-26-47-100(92)116)55-57-96(104)113(107)95-56-54-84(115-97-44-23-19-38-89(97)90-39-20-24-45-98(90)115)67-103(95)114(105)83-52-48-73(49-53-83)78-62-81(111(7,8)9)64-82(63-78)112(10,11)12/h13-70H,1-12H3. The van der Waals surface area contributed by atoms with E-state index in [1.54, 1.807) is 0 Å². The van der Waals surface area contributed by atoms with Crippen molar-refractivity contribution in [3.8, 4) is 72.7 Å². The van der Waals surface area contributed by atoms with Gasteiger partial charge in [-0.3, -0.25) is 0 Å². The molecule has 16 aromatic carbocycles. The highest BCUT2D eigenvalue weighted by molar-refractivity contribution is 7.00. The van der Waals surface area contributed by atoms with Gasteiger partial charge in [0.2, 0.25) is 0 Å². The number of para-hydroxylation sites is 5. The fourth-order valence-corrected chi connectivity index (χ4v) is 19.2. The second-order valence-electron chi connectivity index (χ2n) is 37.0. The van der Waals surface area contributed by atoms with Gasteiger partial charge < -0.3 is 23.5 Å². The van der Waals surface area contributed by atoms with Crippen molar-refractivity contribution in [2.24, 2.45) is 0 Å². The molecular formula is C112H94BN5. The lowest BCUT2D eigenvalue weighted by atomic mass is 9.33. The molecule has 5 nitrogen and oxygen atoms in total. The molecule has 0 radical (unpaired) electrons. The van der Waals surface area contributed by atoms with Crippen LogP contribution >= 0.6 is 0 Å². The SMILES string of the molecule is CC(C)(C)c1cc(-c2ccc(N3c4cc(-n5c6ccccc6c6ccccc65)ccc4B4c5ccc(-n6c7ccccc7c7ccccc76)cc5N(c5c(-c6cccc(-c7ccccc7)c6)cccc5-c5cccc(-c6ccccc6)c5)c5cc(-n6c7ccc(C(C)(C)C)cc7c7cc(C(C)(C)C)ccc76)cc3c54)cc2)cc(C(C)(C)C)c1. The van der Waals surface area contributed by atoms with Crippen molar-refractivity contribution < 1.29 is 0 Å². The molecular weight excluding hydrogens is 1430 g/mol. The zero-order chi connectivity index (χ0) is 80.4. The van der Waals surface area contributed by atoms with E-state index in [-0.39, 0.29) is 28.4 Å². The number of rotatable bonds is 10. The van der Waals surface area contributed by atoms with Crippen LogP contribution < -0.4 is 26.2 Å². The molecule has 0 atom stereocenters. The first-order valence-corrected chi connectivity index (χ1v) is 41.9. The zero-order valence-corrected chi connectivity index (χ0v) is 69.3. The first kappa shape index (κ1) is 72.3. The maximum Gasteiger partial charge on any atom is 0.252 e. The van der Waals surface area contributed by atoms with E-state index in [9.17, 15) is 0 Å². The van der Waals surface area contributed by atoms with E-state index in [1.807, 2.05) is 0 Å². The van der Waals surface area contributed by atoms with Crippen molar-refractivity contribution >= 4 is 123 Å². The van der Waals surface area contributed by atoms with Crippen LogP contribution in [-0.4, -0.2) is 20.4 Å². The van der Waals surface area contributed by atoms with Gasteiger partial charge in [-0.2, -0.15) is 0 Å². The van der Waals surface area contributed by atoms with Gasteiger partial charge in [-0.1, -0.05) is 326 Å². The largest absolute Gasteiger partial charge is 0.311 e. The minimum Gasteiger partial charge on any atom is -0.311 e. The summed E-state index contributed by atoms with van der Waals surface area (Å²) in [6, 6.07) is 135. The summed E-state index contributed by atoms with van der Waals surface area (Å²) in [6.45, 7) is 27.8. The molecule has 0 unspecified atom stereocenters. The molecule has 570 valence electrons. The first-order chi connectivity index (χ1) is 57.1. The van der Waals surface area contributed by atoms with E-state index in [0.29, 0.717) is 0 Å². The number of nitrogens with zero attached hydrogens (tertiary/aromatic N) is 5. The Morgan fingerprint density at radius 2 is 0.542 bits per heavy atom. The molecule has 21 rings (SSSR count). The summed E-state index contributed by atoms with van der Waals surface area (Å²) in [5, 5.41) is 7.35. The number of benzene rings is 16. The van der Waals surface area contributed by atoms with Gasteiger partial charge in [0.15, 0.2) is 0 Å². The second kappa shape index (κ2) is 27.1. The van der Waals surface area contributed by atoms with Gasteiger partial charge in [-0.25, -0.2) is 0 Å². The molecule has 3 aromatic heterocycles. The number of anilines is 6. The average molecular weight is 1520 g/mol. The average Bonchev–Trinajstić information content (AvgIpc) is 0.827. The van der Waals surface area contributed by atoms with Crippen LogP contribution in [0.2, 0.25) is 0 Å². The lowest BCUT2D eigenvalue weighted by Crippen LogP contribution is -2.61. The quantitative estimate of drug-likeness (QED) is 0.127. The summed E-state index contributed by atoms with van der Waals surface area (Å²) >= 11 is 0. The summed E-state index contributed by atoms with van der Waals surface area (Å²) < 4.78 is 7.62. The highest BCUT2D eigenvalue weighted by Crippen LogP contribution is 2.54. The van der Waals surface area contributed by atoms with E-state index in [4.69, 9.17) is 0 Å². The lowest BCUT2D eigenvalue weighted by Gasteiger charge is -2.45. The molecule has 5 heterocycles. The Morgan fingerprint density at radius 1 is 0.203 bits per heavy atom. The van der Waals surface area contributed by atoms with Gasteiger partial charge in [0.05, 0.1) is 44.5 Å². The molecule has 19 aromatic rings. The monoisotopic (exact) mass is 1520 g/mol. The number of fused-ring (bicyclic) bond motifs is 13. The number of aromatic nitrogens is 3. The van der Waals surface area contributed by atoms with Crippen LogP contribution in [0.3, 0.4) is 0 Å². The Kier molecular flexibility index (Phi) is 16.6. The maximum atomic E-state index is 2.73. The summed E-state index contributed by atoms with van der Waals surface area (Å²) in [7, 11) is 0. The van der Waals surface area contributed by atoms with Gasteiger partial charge in [-0.15, -0.1) is 0 Å². The molecule has 0 saturated carbocycles. The summed E-state index contributed by atoms with van der Waals surface area (Å²) in [4.78, 5) is 5.39. The van der Waals surface area contributed by atoms with Crippen LogP contribution in [0.4, 0.5) is 34.1 Å². The lowest BCUT2D eigenvalue weighted by molar-refractivity contribution is 0.569. The first-order valence-electron chi connectivity index (χ1n) is 41.9. The Morgan fingerprint density at radius 3 is 0.975 bits per heavy atom. The van der Waals surface area contributed by atoms with Gasteiger partial charge in [0, 0.05) is 83.3 Å². The second-order valence-corrected chi connectivity index (χ2v) is 37.0. The molecule has 0 N–H and O–H groups in total. The summed E-state index contributed by atoms with van der Waals surface area (Å²) in [6.07, 6.45) is 0. The van der Waals surface area contributed by atoms with Crippen LogP contribution in [0.25, 0.3) is 138 Å². The normalized spacial score (nSPS) is 13.0. The highest BCUT2D eigenvalue weighted by atomic mass is 15.2. The molecule has 2 aliphatic heterocycles. The van der Waals surface area contributed by atoms with Gasteiger partial charge >= 0.3 is 0 Å². The Hall–Kier alpha value is -13.4.